The van der Waals surface area contributed by atoms with Gasteiger partial charge in [0.05, 0.1) is 4.90 Å². The van der Waals surface area contributed by atoms with Gasteiger partial charge in [-0.1, -0.05) is 64.0 Å². The Balaban J connectivity index is 1.82. The number of halogens is 1. The second-order valence-electron chi connectivity index (χ2n) is 6.09. The van der Waals surface area contributed by atoms with E-state index < -0.39 is 10.0 Å². The van der Waals surface area contributed by atoms with Gasteiger partial charge in [0.15, 0.2) is 0 Å². The average molecular weight is 406 g/mol. The van der Waals surface area contributed by atoms with Gasteiger partial charge in [-0.3, -0.25) is 0 Å². The lowest BCUT2D eigenvalue weighted by Gasteiger charge is -2.17. The lowest BCUT2D eigenvalue weighted by molar-refractivity contribution is 0.480. The molecular weight excluding hydrogens is 386 g/mol. The molecule has 1 aliphatic heterocycles. The second-order valence-corrected chi connectivity index (χ2v) is 8.59. The first-order valence-electron chi connectivity index (χ1n) is 7.87. The van der Waals surface area contributed by atoms with Crippen LogP contribution in [0, 0.1) is 6.92 Å². The van der Waals surface area contributed by atoms with Crippen LogP contribution >= 0.6 is 15.9 Å². The van der Waals surface area contributed by atoms with Gasteiger partial charge in [0.25, 0.3) is 0 Å². The molecule has 0 fully saturated rings. The molecule has 1 heterocycles. The van der Waals surface area contributed by atoms with Crippen LogP contribution in [-0.4, -0.2) is 31.1 Å². The van der Waals surface area contributed by atoms with Crippen molar-refractivity contribution in [3.63, 3.8) is 0 Å². The van der Waals surface area contributed by atoms with E-state index in [-0.39, 0.29) is 0 Å². The highest BCUT2D eigenvalue weighted by atomic mass is 79.9. The first-order chi connectivity index (χ1) is 11.5. The standard InChI is InChI=1S/C19H20BrNO2S/c1-15-7-9-19(10-8-15)24(22,23)21-13-17(18(12-20)14-21)11-16-5-3-2-4-6-16/h2-10H,11-14H2,1H3. The number of rotatable bonds is 5. The number of nitrogens with zero attached hydrogens (tertiary/aromatic N) is 1. The van der Waals surface area contributed by atoms with E-state index >= 15 is 0 Å². The zero-order valence-corrected chi connectivity index (χ0v) is 16.0. The summed E-state index contributed by atoms with van der Waals surface area (Å²) >= 11 is 3.51. The van der Waals surface area contributed by atoms with Crippen LogP contribution in [-0.2, 0) is 16.4 Å². The maximum absolute atomic E-state index is 12.9. The SMILES string of the molecule is Cc1ccc(S(=O)(=O)N2CC(CBr)=C(Cc3ccccc3)C2)cc1. The Bertz CT molecular complexity index is 843. The van der Waals surface area contributed by atoms with Gasteiger partial charge in [0.1, 0.15) is 0 Å². The van der Waals surface area contributed by atoms with Crippen molar-refractivity contribution in [3.8, 4) is 0 Å². The molecule has 0 aromatic heterocycles. The first-order valence-corrected chi connectivity index (χ1v) is 10.4. The van der Waals surface area contributed by atoms with Crippen LogP contribution in [0.4, 0.5) is 0 Å². The Morgan fingerprint density at radius 3 is 2.21 bits per heavy atom. The van der Waals surface area contributed by atoms with Gasteiger partial charge >= 0.3 is 0 Å². The maximum atomic E-state index is 12.9. The van der Waals surface area contributed by atoms with E-state index in [1.54, 1.807) is 16.4 Å². The van der Waals surface area contributed by atoms with Crippen LogP contribution in [0.15, 0.2) is 70.6 Å². The molecule has 0 spiro atoms. The molecule has 24 heavy (non-hydrogen) atoms. The molecule has 0 bridgehead atoms. The van der Waals surface area contributed by atoms with Crippen LogP contribution in [0.5, 0.6) is 0 Å². The van der Waals surface area contributed by atoms with E-state index in [1.165, 1.54) is 11.1 Å². The van der Waals surface area contributed by atoms with Gasteiger partial charge in [-0.15, -0.1) is 0 Å². The number of hydrogen-bond acceptors (Lipinski definition) is 2. The third kappa shape index (κ3) is 3.63. The van der Waals surface area contributed by atoms with Gasteiger partial charge in [-0.25, -0.2) is 8.42 Å². The molecule has 126 valence electrons. The van der Waals surface area contributed by atoms with E-state index in [0.29, 0.717) is 23.3 Å². The van der Waals surface area contributed by atoms with E-state index in [9.17, 15) is 8.42 Å². The predicted octanol–water partition coefficient (Wildman–Crippen LogP) is 3.93. The summed E-state index contributed by atoms with van der Waals surface area (Å²) in [5.74, 6) is 0. The highest BCUT2D eigenvalue weighted by Crippen LogP contribution is 2.28. The summed E-state index contributed by atoms with van der Waals surface area (Å²) in [5.41, 5.74) is 4.61. The van der Waals surface area contributed by atoms with Crippen molar-refractivity contribution in [2.24, 2.45) is 0 Å². The minimum atomic E-state index is -3.45. The smallest absolute Gasteiger partial charge is 0.207 e. The summed E-state index contributed by atoms with van der Waals surface area (Å²) < 4.78 is 27.4. The molecule has 0 aliphatic carbocycles. The molecule has 0 unspecified atom stereocenters. The van der Waals surface area contributed by atoms with E-state index in [0.717, 1.165) is 17.6 Å². The van der Waals surface area contributed by atoms with Gasteiger partial charge in [-0.2, -0.15) is 4.31 Å². The Morgan fingerprint density at radius 2 is 1.58 bits per heavy atom. The Labute approximate surface area is 152 Å². The molecule has 2 aromatic carbocycles. The highest BCUT2D eigenvalue weighted by molar-refractivity contribution is 9.09. The van der Waals surface area contributed by atoms with Gasteiger partial charge in [0.2, 0.25) is 10.0 Å². The molecule has 3 nitrogen and oxygen atoms in total. The molecule has 1 aliphatic rings. The number of hydrogen-bond donors (Lipinski definition) is 0. The maximum Gasteiger partial charge on any atom is 0.243 e. The van der Waals surface area contributed by atoms with E-state index in [4.69, 9.17) is 0 Å². The summed E-state index contributed by atoms with van der Waals surface area (Å²) in [6, 6.07) is 17.2. The van der Waals surface area contributed by atoms with Gasteiger partial charge < -0.3 is 0 Å². The molecule has 0 atom stereocenters. The topological polar surface area (TPSA) is 37.4 Å². The lowest BCUT2D eigenvalue weighted by atomic mass is 10.0. The summed E-state index contributed by atoms with van der Waals surface area (Å²) in [5, 5.41) is 0.703. The fourth-order valence-electron chi connectivity index (χ4n) is 2.89. The van der Waals surface area contributed by atoms with Crippen LogP contribution < -0.4 is 0 Å². The molecule has 0 saturated carbocycles. The molecule has 0 amide bonds. The molecular formula is C19H20BrNO2S. The van der Waals surface area contributed by atoms with E-state index in [2.05, 4.69) is 28.1 Å². The first kappa shape index (κ1) is 17.4. The summed E-state index contributed by atoms with van der Waals surface area (Å²) in [6.07, 6.45) is 0.793. The number of benzene rings is 2. The highest BCUT2D eigenvalue weighted by Gasteiger charge is 2.31. The summed E-state index contributed by atoms with van der Waals surface area (Å²) in [7, 11) is -3.45. The van der Waals surface area contributed by atoms with Crippen LogP contribution in [0.25, 0.3) is 0 Å². The summed E-state index contributed by atoms with van der Waals surface area (Å²) in [4.78, 5) is 0.364. The van der Waals surface area contributed by atoms with Gasteiger partial charge in [-0.05, 0) is 42.2 Å². The van der Waals surface area contributed by atoms with Crippen LogP contribution in [0.3, 0.4) is 0 Å². The van der Waals surface area contributed by atoms with Crippen molar-refractivity contribution < 1.29 is 8.42 Å². The number of aryl methyl sites for hydroxylation is 1. The van der Waals surface area contributed by atoms with Crippen molar-refractivity contribution in [2.75, 3.05) is 18.4 Å². The van der Waals surface area contributed by atoms with Crippen molar-refractivity contribution in [2.45, 2.75) is 18.2 Å². The molecule has 3 rings (SSSR count). The molecule has 0 N–H and O–H groups in total. The van der Waals surface area contributed by atoms with Crippen molar-refractivity contribution in [3.05, 3.63) is 76.9 Å². The zero-order chi connectivity index (χ0) is 17.2. The molecule has 0 saturated heterocycles. The van der Waals surface area contributed by atoms with Crippen LogP contribution in [0.1, 0.15) is 11.1 Å². The van der Waals surface area contributed by atoms with Gasteiger partial charge in [0, 0.05) is 18.4 Å². The van der Waals surface area contributed by atoms with Crippen molar-refractivity contribution >= 4 is 26.0 Å². The van der Waals surface area contributed by atoms with Crippen molar-refractivity contribution in [1.82, 2.24) is 4.31 Å². The lowest BCUT2D eigenvalue weighted by Crippen LogP contribution is -2.30. The van der Waals surface area contributed by atoms with E-state index in [1.807, 2.05) is 37.3 Å². The quantitative estimate of drug-likeness (QED) is 0.557. The fourth-order valence-corrected chi connectivity index (χ4v) is 4.90. The average Bonchev–Trinajstić information content (AvgIpc) is 3.00. The number of sulfonamides is 1. The minimum Gasteiger partial charge on any atom is -0.207 e. The largest absolute Gasteiger partial charge is 0.243 e. The second kappa shape index (κ2) is 7.21. The number of alkyl halides is 1. The predicted molar refractivity (Wildman–Crippen MR) is 101 cm³/mol. The monoisotopic (exact) mass is 405 g/mol. The normalized spacial score (nSPS) is 15.9. The minimum absolute atomic E-state index is 0.364. The Kier molecular flexibility index (Phi) is 5.23. The van der Waals surface area contributed by atoms with Crippen molar-refractivity contribution in [1.29, 1.82) is 0 Å². The third-order valence-electron chi connectivity index (χ3n) is 4.31. The molecule has 5 heteroatoms. The Morgan fingerprint density at radius 1 is 0.958 bits per heavy atom. The fraction of sp³-hybridized carbons (Fsp3) is 0.263. The molecule has 2 aromatic rings. The Hall–Kier alpha value is -1.43. The third-order valence-corrected chi connectivity index (χ3v) is 6.80. The molecule has 0 radical (unpaired) electrons. The summed E-state index contributed by atoms with van der Waals surface area (Å²) in [6.45, 7) is 2.88. The zero-order valence-electron chi connectivity index (χ0n) is 13.6. The van der Waals surface area contributed by atoms with Crippen LogP contribution in [0.2, 0.25) is 0 Å².